The smallest absolute Gasteiger partial charge is 0.330 e. The molecule has 0 fully saturated rings. The first-order valence-corrected chi connectivity index (χ1v) is 8.52. The largest absolute Gasteiger partial charge is 1.00 e. The molecule has 0 spiro atoms. The van der Waals surface area contributed by atoms with Crippen LogP contribution in [0.3, 0.4) is 0 Å². The summed E-state index contributed by atoms with van der Waals surface area (Å²) in [5.74, 6) is 0. The van der Waals surface area contributed by atoms with Crippen molar-refractivity contribution in [1.82, 2.24) is 0 Å². The summed E-state index contributed by atoms with van der Waals surface area (Å²) >= 11 is 1.66. The highest BCUT2D eigenvalue weighted by Gasteiger charge is 2.25. The van der Waals surface area contributed by atoms with Crippen molar-refractivity contribution in [3.05, 3.63) is 71.1 Å². The first-order valence-electron chi connectivity index (χ1n) is 7.71. The molecule has 118 valence electrons. The second-order valence-corrected chi connectivity index (χ2v) is 7.14. The molecule has 0 unspecified atom stereocenters. The molecule has 0 atom stereocenters. The zero-order valence-corrected chi connectivity index (χ0v) is 15.8. The van der Waals surface area contributed by atoms with E-state index in [4.69, 9.17) is 5.73 Å². The van der Waals surface area contributed by atoms with Gasteiger partial charge in [-0.3, -0.25) is 5.73 Å². The van der Waals surface area contributed by atoms with E-state index in [9.17, 15) is 0 Å². The van der Waals surface area contributed by atoms with Crippen LogP contribution in [0.1, 0.15) is 10.4 Å². The zero-order chi connectivity index (χ0) is 15.4. The van der Waals surface area contributed by atoms with Crippen molar-refractivity contribution in [2.75, 3.05) is 5.73 Å². The molecule has 1 aliphatic rings. The van der Waals surface area contributed by atoms with E-state index >= 15 is 0 Å². The molecular formula is C20H15IN2S. The third-order valence-electron chi connectivity index (χ3n) is 4.57. The molecule has 4 aromatic rings. The van der Waals surface area contributed by atoms with Crippen LogP contribution in [0.5, 0.6) is 0 Å². The summed E-state index contributed by atoms with van der Waals surface area (Å²) < 4.78 is 0. The van der Waals surface area contributed by atoms with Crippen molar-refractivity contribution >= 4 is 27.2 Å². The second-order valence-electron chi connectivity index (χ2n) is 6.00. The minimum atomic E-state index is 0. The quantitative estimate of drug-likeness (QED) is 0.394. The Morgan fingerprint density at radius 2 is 1.62 bits per heavy atom. The lowest BCUT2D eigenvalue weighted by molar-refractivity contribution is -0.340. The fraction of sp³-hybridized carbons (Fsp3) is 0.0500. The number of rotatable bonds is 1. The number of thiazole rings is 1. The Labute approximate surface area is 161 Å². The van der Waals surface area contributed by atoms with Crippen molar-refractivity contribution in [3.8, 4) is 22.4 Å². The number of hydrogen-bond acceptors (Lipinski definition) is 2. The average Bonchev–Trinajstić information content (AvgIpc) is 3.09. The number of nitrogen functional groups attached to an aromatic ring is 1. The van der Waals surface area contributed by atoms with Gasteiger partial charge in [-0.1, -0.05) is 59.9 Å². The maximum atomic E-state index is 5.88. The van der Waals surface area contributed by atoms with Crippen LogP contribution in [-0.2, 0) is 6.42 Å². The third kappa shape index (κ3) is 2.41. The number of H-pyrrole nitrogens is 1. The van der Waals surface area contributed by atoms with Gasteiger partial charge in [0.15, 0.2) is 0 Å². The monoisotopic (exact) mass is 442 g/mol. The number of nitrogens with one attached hydrogen (secondary N) is 1. The van der Waals surface area contributed by atoms with E-state index in [1.54, 1.807) is 11.3 Å². The third-order valence-corrected chi connectivity index (χ3v) is 5.49. The van der Waals surface area contributed by atoms with Gasteiger partial charge in [0.2, 0.25) is 0 Å². The SMILES string of the molecule is Nc1[nH+]c2c(s1)Cc1cc(-c3ccc4ccccc4c3)ccc1-2.[I-]. The molecular weight excluding hydrogens is 427 g/mol. The molecule has 2 nitrogen and oxygen atoms in total. The fourth-order valence-electron chi connectivity index (χ4n) is 3.45. The highest BCUT2D eigenvalue weighted by Crippen LogP contribution is 2.39. The zero-order valence-electron chi connectivity index (χ0n) is 12.8. The van der Waals surface area contributed by atoms with Crippen LogP contribution in [0, 0.1) is 0 Å². The normalized spacial score (nSPS) is 11.8. The Bertz CT molecular complexity index is 1070. The Morgan fingerprint density at radius 1 is 0.875 bits per heavy atom. The van der Waals surface area contributed by atoms with Crippen LogP contribution >= 0.6 is 11.3 Å². The number of aromatic nitrogens is 1. The summed E-state index contributed by atoms with van der Waals surface area (Å²) in [5, 5.41) is 3.36. The Hall–Kier alpha value is -1.92. The number of halogens is 1. The van der Waals surface area contributed by atoms with E-state index in [1.165, 1.54) is 43.6 Å². The number of nitrogens with two attached hydrogens (primary N) is 1. The molecule has 0 saturated carbocycles. The van der Waals surface area contributed by atoms with Gasteiger partial charge in [-0.25, -0.2) is 4.98 Å². The molecule has 1 aliphatic carbocycles. The van der Waals surface area contributed by atoms with E-state index in [-0.39, 0.29) is 24.0 Å². The molecule has 0 bridgehead atoms. The van der Waals surface area contributed by atoms with Gasteiger partial charge in [0.1, 0.15) is 5.69 Å². The summed E-state index contributed by atoms with van der Waals surface area (Å²) in [4.78, 5) is 4.63. The molecule has 0 amide bonds. The maximum absolute atomic E-state index is 5.88. The van der Waals surface area contributed by atoms with Crippen LogP contribution in [0.4, 0.5) is 5.13 Å². The summed E-state index contributed by atoms with van der Waals surface area (Å²) in [6.07, 6.45) is 0.977. The topological polar surface area (TPSA) is 40.2 Å². The van der Waals surface area contributed by atoms with E-state index in [0.29, 0.717) is 0 Å². The molecule has 24 heavy (non-hydrogen) atoms. The van der Waals surface area contributed by atoms with E-state index in [2.05, 4.69) is 65.6 Å². The number of aromatic amines is 1. The maximum Gasteiger partial charge on any atom is 0.330 e. The highest BCUT2D eigenvalue weighted by atomic mass is 127. The lowest BCUT2D eigenvalue weighted by atomic mass is 9.98. The summed E-state index contributed by atoms with van der Waals surface area (Å²) in [6.45, 7) is 0. The number of fused-ring (bicyclic) bond motifs is 4. The van der Waals surface area contributed by atoms with Gasteiger partial charge < -0.3 is 24.0 Å². The molecule has 1 heterocycles. The van der Waals surface area contributed by atoms with Gasteiger partial charge in [-0.15, -0.1) is 0 Å². The first kappa shape index (κ1) is 15.6. The van der Waals surface area contributed by atoms with Gasteiger partial charge in [0.25, 0.3) is 0 Å². The molecule has 0 radical (unpaired) electrons. The van der Waals surface area contributed by atoms with Crippen LogP contribution in [0.25, 0.3) is 33.2 Å². The van der Waals surface area contributed by atoms with Crippen LogP contribution in [0.15, 0.2) is 60.7 Å². The lowest BCUT2D eigenvalue weighted by Crippen LogP contribution is -3.00. The van der Waals surface area contributed by atoms with E-state index < -0.39 is 0 Å². The summed E-state index contributed by atoms with van der Waals surface area (Å²) in [6, 6.07) is 21.9. The summed E-state index contributed by atoms with van der Waals surface area (Å²) in [7, 11) is 0. The van der Waals surface area contributed by atoms with Crippen molar-refractivity contribution in [2.45, 2.75) is 6.42 Å². The van der Waals surface area contributed by atoms with Gasteiger partial charge in [-0.2, -0.15) is 0 Å². The fourth-order valence-corrected chi connectivity index (χ4v) is 4.36. The molecule has 3 aromatic carbocycles. The Balaban J connectivity index is 0.00000146. The lowest BCUT2D eigenvalue weighted by Gasteiger charge is -2.07. The number of hydrogen-bond donors (Lipinski definition) is 1. The molecule has 5 rings (SSSR count). The number of benzene rings is 3. The minimum Gasteiger partial charge on any atom is -1.00 e. The predicted molar refractivity (Wildman–Crippen MR) is 96.5 cm³/mol. The van der Waals surface area contributed by atoms with Crippen molar-refractivity contribution in [3.63, 3.8) is 0 Å². The van der Waals surface area contributed by atoms with Crippen molar-refractivity contribution in [1.29, 1.82) is 0 Å². The van der Waals surface area contributed by atoms with Crippen LogP contribution in [0.2, 0.25) is 0 Å². The van der Waals surface area contributed by atoms with Gasteiger partial charge in [-0.05, 0) is 39.6 Å². The molecule has 0 saturated heterocycles. The molecule has 0 aliphatic heterocycles. The molecule has 4 heteroatoms. The van der Waals surface area contributed by atoms with E-state index in [1.807, 2.05) is 0 Å². The van der Waals surface area contributed by atoms with Crippen LogP contribution < -0.4 is 34.7 Å². The van der Waals surface area contributed by atoms with Crippen molar-refractivity contribution in [2.24, 2.45) is 0 Å². The van der Waals surface area contributed by atoms with Gasteiger partial charge in [0.05, 0.1) is 4.88 Å². The number of anilines is 1. The van der Waals surface area contributed by atoms with Gasteiger partial charge in [0, 0.05) is 12.0 Å². The Kier molecular flexibility index (Phi) is 3.81. The summed E-state index contributed by atoms with van der Waals surface area (Å²) in [5.41, 5.74) is 12.3. The Morgan fingerprint density at radius 3 is 2.50 bits per heavy atom. The van der Waals surface area contributed by atoms with Crippen LogP contribution in [-0.4, -0.2) is 0 Å². The van der Waals surface area contributed by atoms with Gasteiger partial charge >= 0.3 is 5.13 Å². The standard InChI is InChI=1S/C20H14N2S.HI/c21-20-22-19-17-8-7-15(10-16(17)11-18(19)23-20)14-6-5-12-3-1-2-4-13(12)9-14;/h1-10H,11H2,(H2,21,22);1H. The average molecular weight is 442 g/mol. The molecule has 1 aromatic heterocycles. The minimum absolute atomic E-state index is 0. The highest BCUT2D eigenvalue weighted by molar-refractivity contribution is 7.15. The second kappa shape index (κ2) is 5.86. The van der Waals surface area contributed by atoms with Crippen molar-refractivity contribution < 1.29 is 29.0 Å². The van der Waals surface area contributed by atoms with E-state index in [0.717, 1.165) is 11.6 Å². The molecule has 3 N–H and O–H groups in total. The first-order chi connectivity index (χ1) is 11.3. The predicted octanol–water partition coefficient (Wildman–Crippen LogP) is 1.54.